The minimum atomic E-state index is 0.766. The van der Waals surface area contributed by atoms with Crippen LogP contribution in [0.2, 0.25) is 0 Å². The Kier molecular flexibility index (Phi) is 5.37. The molecule has 0 aliphatic rings. The lowest BCUT2D eigenvalue weighted by Gasteiger charge is -2.09. The van der Waals surface area contributed by atoms with Crippen molar-refractivity contribution >= 4 is 5.95 Å². The van der Waals surface area contributed by atoms with Gasteiger partial charge in [-0.05, 0) is 18.6 Å². The van der Waals surface area contributed by atoms with E-state index in [9.17, 15) is 0 Å². The number of hydrogen-bond acceptors (Lipinski definition) is 4. The van der Waals surface area contributed by atoms with Gasteiger partial charge in [-0.3, -0.25) is 4.98 Å². The Balaban J connectivity index is 1.82. The second kappa shape index (κ2) is 7.53. The molecule has 0 spiro atoms. The molecule has 2 aromatic rings. The van der Waals surface area contributed by atoms with Gasteiger partial charge in [-0.1, -0.05) is 6.07 Å². The van der Waals surface area contributed by atoms with E-state index in [4.69, 9.17) is 4.74 Å². The van der Waals surface area contributed by atoms with Crippen molar-refractivity contribution in [2.75, 3.05) is 25.6 Å². The maximum Gasteiger partial charge on any atom is 0.202 e. The van der Waals surface area contributed by atoms with Gasteiger partial charge in [-0.15, -0.1) is 0 Å². The molecule has 5 heteroatoms. The molecule has 2 heterocycles. The van der Waals surface area contributed by atoms with Crippen molar-refractivity contribution in [2.24, 2.45) is 0 Å². The number of nitrogens with zero attached hydrogens (tertiary/aromatic N) is 3. The minimum Gasteiger partial charge on any atom is -0.385 e. The molecule has 0 aromatic carbocycles. The van der Waals surface area contributed by atoms with Crippen LogP contribution in [-0.2, 0) is 17.7 Å². The van der Waals surface area contributed by atoms with Crippen molar-refractivity contribution in [3.63, 3.8) is 0 Å². The molecule has 0 aliphatic carbocycles. The second-order valence-electron chi connectivity index (χ2n) is 4.29. The second-order valence-corrected chi connectivity index (χ2v) is 4.29. The number of rotatable bonds is 8. The summed E-state index contributed by atoms with van der Waals surface area (Å²) in [6, 6.07) is 5.99. The minimum absolute atomic E-state index is 0.766. The monoisotopic (exact) mass is 260 g/mol. The maximum absolute atomic E-state index is 5.02. The summed E-state index contributed by atoms with van der Waals surface area (Å²) in [4.78, 5) is 8.64. The van der Waals surface area contributed by atoms with Crippen molar-refractivity contribution in [1.82, 2.24) is 14.5 Å². The highest BCUT2D eigenvalue weighted by molar-refractivity contribution is 5.25. The van der Waals surface area contributed by atoms with E-state index in [1.54, 1.807) is 7.11 Å². The topological polar surface area (TPSA) is 52.0 Å². The molecular weight excluding hydrogens is 240 g/mol. The third kappa shape index (κ3) is 4.37. The average molecular weight is 260 g/mol. The number of pyridine rings is 1. The molecular formula is C14H20N4O. The van der Waals surface area contributed by atoms with E-state index in [0.29, 0.717) is 0 Å². The molecule has 0 bridgehead atoms. The molecule has 19 heavy (non-hydrogen) atoms. The number of aryl methyl sites for hydroxylation is 2. The van der Waals surface area contributed by atoms with Gasteiger partial charge in [0.2, 0.25) is 5.95 Å². The lowest BCUT2D eigenvalue weighted by molar-refractivity contribution is 0.197. The van der Waals surface area contributed by atoms with Crippen LogP contribution in [-0.4, -0.2) is 34.8 Å². The van der Waals surface area contributed by atoms with Crippen LogP contribution in [0.5, 0.6) is 0 Å². The highest BCUT2D eigenvalue weighted by Gasteiger charge is 2.02. The van der Waals surface area contributed by atoms with Gasteiger partial charge >= 0.3 is 0 Å². The fourth-order valence-corrected chi connectivity index (χ4v) is 1.85. The molecule has 0 amide bonds. The molecule has 0 fully saturated rings. The zero-order valence-electron chi connectivity index (χ0n) is 11.2. The van der Waals surface area contributed by atoms with Crippen molar-refractivity contribution in [3.8, 4) is 0 Å². The molecule has 5 nitrogen and oxygen atoms in total. The van der Waals surface area contributed by atoms with Crippen LogP contribution in [0, 0.1) is 0 Å². The summed E-state index contributed by atoms with van der Waals surface area (Å²) in [5.74, 6) is 0.909. The fraction of sp³-hybridized carbons (Fsp3) is 0.429. The first-order chi connectivity index (χ1) is 9.40. The number of methoxy groups -OCH3 is 1. The number of imidazole rings is 1. The Bertz CT molecular complexity index is 469. The highest BCUT2D eigenvalue weighted by Crippen LogP contribution is 2.06. The van der Waals surface area contributed by atoms with Crippen molar-refractivity contribution in [1.29, 1.82) is 0 Å². The lowest BCUT2D eigenvalue weighted by Crippen LogP contribution is -2.11. The molecule has 0 radical (unpaired) electrons. The van der Waals surface area contributed by atoms with Crippen LogP contribution in [0.15, 0.2) is 36.8 Å². The molecule has 0 aliphatic heterocycles. The third-order valence-corrected chi connectivity index (χ3v) is 2.86. The molecule has 2 rings (SSSR count). The number of anilines is 1. The molecule has 0 saturated heterocycles. The van der Waals surface area contributed by atoms with Gasteiger partial charge in [-0.25, -0.2) is 4.98 Å². The number of ether oxygens (including phenoxy) is 1. The number of nitrogens with one attached hydrogen (secondary N) is 1. The molecule has 1 N–H and O–H groups in total. The maximum atomic E-state index is 5.02. The Labute approximate surface area is 113 Å². The summed E-state index contributed by atoms with van der Waals surface area (Å²) >= 11 is 0. The van der Waals surface area contributed by atoms with Crippen LogP contribution in [0.25, 0.3) is 0 Å². The smallest absolute Gasteiger partial charge is 0.202 e. The van der Waals surface area contributed by atoms with Crippen molar-refractivity contribution < 1.29 is 4.74 Å². The summed E-state index contributed by atoms with van der Waals surface area (Å²) in [6.07, 6.45) is 7.51. The Morgan fingerprint density at radius 3 is 3.00 bits per heavy atom. The molecule has 0 saturated carbocycles. The third-order valence-electron chi connectivity index (χ3n) is 2.86. The highest BCUT2D eigenvalue weighted by atomic mass is 16.5. The molecule has 2 aromatic heterocycles. The molecule has 102 valence electrons. The largest absolute Gasteiger partial charge is 0.385 e. The van der Waals surface area contributed by atoms with E-state index >= 15 is 0 Å². The van der Waals surface area contributed by atoms with Crippen molar-refractivity contribution in [2.45, 2.75) is 19.4 Å². The fourth-order valence-electron chi connectivity index (χ4n) is 1.85. The predicted octanol–water partition coefficient (Wildman–Crippen LogP) is 1.97. The summed E-state index contributed by atoms with van der Waals surface area (Å²) in [5, 5.41) is 3.32. The first kappa shape index (κ1) is 13.5. The van der Waals surface area contributed by atoms with E-state index < -0.39 is 0 Å². The Morgan fingerprint density at radius 2 is 2.21 bits per heavy atom. The number of hydrogen-bond donors (Lipinski definition) is 1. The number of aromatic nitrogens is 3. The van der Waals surface area contributed by atoms with E-state index in [1.165, 1.54) is 0 Å². The molecule has 0 atom stereocenters. The predicted molar refractivity (Wildman–Crippen MR) is 75.2 cm³/mol. The first-order valence-corrected chi connectivity index (χ1v) is 6.54. The van der Waals surface area contributed by atoms with E-state index in [1.807, 2.05) is 36.8 Å². The average Bonchev–Trinajstić information content (AvgIpc) is 2.90. The van der Waals surface area contributed by atoms with Crippen LogP contribution >= 0.6 is 0 Å². The standard InChI is InChI=1S/C14H20N4O/c1-19-12-4-8-16-14-17-9-11-18(14)10-6-13-5-2-3-7-15-13/h2-3,5,7,9,11H,4,6,8,10,12H2,1H3,(H,16,17). The van der Waals surface area contributed by atoms with E-state index in [2.05, 4.69) is 19.9 Å². The van der Waals surface area contributed by atoms with Crippen LogP contribution in [0.3, 0.4) is 0 Å². The van der Waals surface area contributed by atoms with Gasteiger partial charge in [0.05, 0.1) is 0 Å². The summed E-state index contributed by atoms with van der Waals surface area (Å²) in [5.41, 5.74) is 1.10. The van der Waals surface area contributed by atoms with Gasteiger partial charge in [0.1, 0.15) is 0 Å². The lowest BCUT2D eigenvalue weighted by atomic mass is 10.3. The van der Waals surface area contributed by atoms with Crippen LogP contribution in [0.4, 0.5) is 5.95 Å². The van der Waals surface area contributed by atoms with Gasteiger partial charge < -0.3 is 14.6 Å². The van der Waals surface area contributed by atoms with Crippen molar-refractivity contribution in [3.05, 3.63) is 42.5 Å². The summed E-state index contributed by atoms with van der Waals surface area (Å²) < 4.78 is 7.13. The quantitative estimate of drug-likeness (QED) is 0.737. The van der Waals surface area contributed by atoms with Gasteiger partial charge in [-0.2, -0.15) is 0 Å². The molecule has 0 unspecified atom stereocenters. The zero-order valence-corrected chi connectivity index (χ0v) is 11.2. The van der Waals surface area contributed by atoms with Crippen LogP contribution in [0.1, 0.15) is 12.1 Å². The summed E-state index contributed by atoms with van der Waals surface area (Å²) in [7, 11) is 1.72. The summed E-state index contributed by atoms with van der Waals surface area (Å²) in [6.45, 7) is 2.51. The zero-order chi connectivity index (χ0) is 13.3. The SMILES string of the molecule is COCCCNc1nccn1CCc1ccccn1. The van der Waals surface area contributed by atoms with Crippen LogP contribution < -0.4 is 5.32 Å². The van der Waals surface area contributed by atoms with Gasteiger partial charge in [0.15, 0.2) is 0 Å². The van der Waals surface area contributed by atoms with Gasteiger partial charge in [0.25, 0.3) is 0 Å². The Hall–Kier alpha value is -1.88. The normalized spacial score (nSPS) is 10.6. The first-order valence-electron chi connectivity index (χ1n) is 6.54. The van der Waals surface area contributed by atoms with E-state index in [0.717, 1.165) is 44.2 Å². The van der Waals surface area contributed by atoms with E-state index in [-0.39, 0.29) is 0 Å². The van der Waals surface area contributed by atoms with Gasteiger partial charge in [0, 0.05) is 57.5 Å². The Morgan fingerprint density at radius 1 is 1.26 bits per heavy atom.